The highest BCUT2D eigenvalue weighted by Crippen LogP contribution is 2.47. The van der Waals surface area contributed by atoms with Gasteiger partial charge in [-0.1, -0.05) is 18.1 Å². The van der Waals surface area contributed by atoms with Crippen molar-refractivity contribution in [2.24, 2.45) is 5.92 Å². The van der Waals surface area contributed by atoms with Crippen molar-refractivity contribution in [1.82, 2.24) is 9.88 Å². The van der Waals surface area contributed by atoms with Gasteiger partial charge in [0.15, 0.2) is 0 Å². The predicted molar refractivity (Wildman–Crippen MR) is 116 cm³/mol. The van der Waals surface area contributed by atoms with Crippen LogP contribution in [0.15, 0.2) is 36.4 Å². The van der Waals surface area contributed by atoms with Crippen LogP contribution >= 0.6 is 0 Å². The quantitative estimate of drug-likeness (QED) is 0.521. The molecule has 0 aliphatic carbocycles. The zero-order valence-electron chi connectivity index (χ0n) is 17.9. The van der Waals surface area contributed by atoms with Crippen LogP contribution in [0.2, 0.25) is 0 Å². The van der Waals surface area contributed by atoms with Gasteiger partial charge in [0.2, 0.25) is 5.88 Å². The number of fused-ring (bicyclic) bond motifs is 3. The second-order valence-corrected chi connectivity index (χ2v) is 8.35. The van der Waals surface area contributed by atoms with E-state index in [2.05, 4.69) is 10.8 Å². The average Bonchev–Trinajstić information content (AvgIpc) is 2.77. The first-order valence-electron chi connectivity index (χ1n) is 10.9. The van der Waals surface area contributed by atoms with Gasteiger partial charge in [-0.25, -0.2) is 9.37 Å². The first-order chi connectivity index (χ1) is 15.1. The summed E-state index contributed by atoms with van der Waals surface area (Å²) in [5.74, 6) is 3.08. The lowest BCUT2D eigenvalue weighted by molar-refractivity contribution is -0.143. The van der Waals surface area contributed by atoms with Crippen molar-refractivity contribution < 1.29 is 19.0 Å². The number of methoxy groups -OCH3 is 1. The summed E-state index contributed by atoms with van der Waals surface area (Å²) >= 11 is 0. The van der Waals surface area contributed by atoms with Crippen LogP contribution in [0.3, 0.4) is 0 Å². The fourth-order valence-electron chi connectivity index (χ4n) is 4.98. The molecule has 3 aliphatic heterocycles. The van der Waals surface area contributed by atoms with E-state index in [1.807, 2.05) is 12.1 Å². The van der Waals surface area contributed by atoms with E-state index >= 15 is 0 Å². The number of hydrogen-bond acceptors (Lipinski definition) is 5. The minimum Gasteiger partial charge on any atom is -0.478 e. The Kier molecular flexibility index (Phi) is 6.57. The Morgan fingerprint density at radius 1 is 1.26 bits per heavy atom. The molecule has 2 atom stereocenters. The third kappa shape index (κ3) is 4.31. The zero-order valence-corrected chi connectivity index (χ0v) is 17.9. The number of aliphatic hydroxyl groups is 1. The molecule has 5 rings (SSSR count). The van der Waals surface area contributed by atoms with Crippen molar-refractivity contribution in [1.29, 1.82) is 0 Å². The molecule has 2 aromatic rings. The van der Waals surface area contributed by atoms with Crippen molar-refractivity contribution in [3.63, 3.8) is 0 Å². The summed E-state index contributed by atoms with van der Waals surface area (Å²) < 4.78 is 24.7. The summed E-state index contributed by atoms with van der Waals surface area (Å²) in [4.78, 5) is 6.92. The predicted octanol–water partition coefficient (Wildman–Crippen LogP) is 3.14. The van der Waals surface area contributed by atoms with Gasteiger partial charge in [-0.05, 0) is 55.6 Å². The molecule has 4 heterocycles. The summed E-state index contributed by atoms with van der Waals surface area (Å²) in [5.41, 5.74) is 0.993. The Bertz CT molecular complexity index is 952. The summed E-state index contributed by atoms with van der Waals surface area (Å²) in [5, 5.41) is 12.0. The van der Waals surface area contributed by atoms with Crippen LogP contribution in [0.1, 0.15) is 36.1 Å². The van der Waals surface area contributed by atoms with Crippen molar-refractivity contribution in [2.45, 2.75) is 37.3 Å². The fraction of sp³-hybridized carbons (Fsp3) is 0.480. The van der Waals surface area contributed by atoms with E-state index in [4.69, 9.17) is 20.9 Å². The Hall–Kier alpha value is -2.46. The molecule has 3 saturated heterocycles. The van der Waals surface area contributed by atoms with Crippen LogP contribution in [-0.4, -0.2) is 54.4 Å². The minimum atomic E-state index is -1.19. The number of rotatable bonds is 8. The molecule has 1 aromatic heterocycles. The molecule has 0 saturated carbocycles. The molecule has 0 amide bonds. The lowest BCUT2D eigenvalue weighted by Gasteiger charge is -2.54. The molecule has 2 unspecified atom stereocenters. The van der Waals surface area contributed by atoms with Crippen LogP contribution in [0.5, 0.6) is 5.88 Å². The molecule has 1 aromatic carbocycles. The lowest BCUT2D eigenvalue weighted by atomic mass is 9.66. The molecule has 3 fully saturated rings. The first kappa shape index (κ1) is 21.8. The van der Waals surface area contributed by atoms with Crippen LogP contribution < -0.4 is 4.74 Å². The Labute approximate surface area is 183 Å². The third-order valence-corrected chi connectivity index (χ3v) is 6.48. The number of hydrogen-bond donors (Lipinski definition) is 1. The molecule has 5 nitrogen and oxygen atoms in total. The molecule has 1 N–H and O–H groups in total. The standard InChI is InChI=1S/C25H29FN2O3/c1-3-23-25(29,19-10-12-28(23)13-11-19)21-8-9-24(31-15-5-14-30-2)27-22(21)17-18-6-4-7-20(26)16-18/h1,4,6-9,16,19,23,29H,5,10-15,17H2,2H3. The number of halogens is 1. The number of terminal acetylenes is 1. The van der Waals surface area contributed by atoms with E-state index in [1.54, 1.807) is 19.2 Å². The van der Waals surface area contributed by atoms with Gasteiger partial charge >= 0.3 is 0 Å². The first-order valence-corrected chi connectivity index (χ1v) is 10.9. The van der Waals surface area contributed by atoms with Gasteiger partial charge in [0.25, 0.3) is 0 Å². The second kappa shape index (κ2) is 9.35. The van der Waals surface area contributed by atoms with Gasteiger partial charge in [-0.2, -0.15) is 0 Å². The molecule has 6 heteroatoms. The van der Waals surface area contributed by atoms with Crippen LogP contribution in [0.4, 0.5) is 4.39 Å². The number of piperidine rings is 3. The number of nitrogens with zero attached hydrogens (tertiary/aromatic N) is 2. The minimum absolute atomic E-state index is 0.0695. The number of benzene rings is 1. The van der Waals surface area contributed by atoms with Crippen LogP contribution in [0.25, 0.3) is 0 Å². The average molecular weight is 425 g/mol. The lowest BCUT2D eigenvalue weighted by Crippen LogP contribution is -2.63. The third-order valence-electron chi connectivity index (χ3n) is 6.48. The SMILES string of the molecule is C#CC1N2CCC(CC2)C1(O)c1ccc(OCCCOC)nc1Cc1cccc(F)c1. The highest BCUT2D eigenvalue weighted by molar-refractivity contribution is 5.39. The van der Waals surface area contributed by atoms with E-state index in [9.17, 15) is 9.50 Å². The number of aromatic nitrogens is 1. The molecule has 3 aliphatic rings. The molecule has 0 spiro atoms. The van der Waals surface area contributed by atoms with Crippen molar-refractivity contribution in [2.75, 3.05) is 33.4 Å². The van der Waals surface area contributed by atoms with Crippen molar-refractivity contribution in [3.8, 4) is 18.2 Å². The smallest absolute Gasteiger partial charge is 0.213 e. The summed E-state index contributed by atoms with van der Waals surface area (Å²) in [6.07, 6.45) is 8.81. The van der Waals surface area contributed by atoms with E-state index in [0.717, 1.165) is 43.5 Å². The molecule has 31 heavy (non-hydrogen) atoms. The van der Waals surface area contributed by atoms with Crippen molar-refractivity contribution >= 4 is 0 Å². The Balaban J connectivity index is 1.71. The van der Waals surface area contributed by atoms with E-state index in [1.165, 1.54) is 12.1 Å². The van der Waals surface area contributed by atoms with E-state index in [0.29, 0.717) is 31.2 Å². The normalized spacial score (nSPS) is 27.1. The topological polar surface area (TPSA) is 54.8 Å². The monoisotopic (exact) mass is 424 g/mol. The maximum atomic E-state index is 13.8. The molecule has 2 bridgehead atoms. The zero-order chi connectivity index (χ0) is 21.8. The van der Waals surface area contributed by atoms with Gasteiger partial charge in [-0.15, -0.1) is 6.42 Å². The second-order valence-electron chi connectivity index (χ2n) is 8.35. The van der Waals surface area contributed by atoms with Gasteiger partial charge in [0, 0.05) is 38.2 Å². The van der Waals surface area contributed by atoms with Crippen LogP contribution in [-0.2, 0) is 16.8 Å². The fourth-order valence-corrected chi connectivity index (χ4v) is 4.98. The van der Waals surface area contributed by atoms with Gasteiger partial charge < -0.3 is 14.6 Å². The maximum Gasteiger partial charge on any atom is 0.213 e. The summed E-state index contributed by atoms with van der Waals surface area (Å²) in [7, 11) is 1.65. The van der Waals surface area contributed by atoms with Gasteiger partial charge in [0.1, 0.15) is 17.5 Å². The summed E-state index contributed by atoms with van der Waals surface area (Å²) in [6, 6.07) is 9.74. The maximum absolute atomic E-state index is 13.8. The largest absolute Gasteiger partial charge is 0.478 e. The van der Waals surface area contributed by atoms with Crippen LogP contribution in [0, 0.1) is 24.1 Å². The van der Waals surface area contributed by atoms with E-state index in [-0.39, 0.29) is 11.7 Å². The molecular formula is C25H29FN2O3. The van der Waals surface area contributed by atoms with Gasteiger partial charge in [-0.3, -0.25) is 4.90 Å². The number of pyridine rings is 1. The Morgan fingerprint density at radius 3 is 2.77 bits per heavy atom. The van der Waals surface area contributed by atoms with E-state index < -0.39 is 11.6 Å². The molecule has 164 valence electrons. The summed E-state index contributed by atoms with van der Waals surface area (Å²) in [6.45, 7) is 2.88. The highest BCUT2D eigenvalue weighted by atomic mass is 19.1. The molecule has 0 radical (unpaired) electrons. The Morgan fingerprint density at radius 2 is 2.06 bits per heavy atom. The van der Waals surface area contributed by atoms with Gasteiger partial charge in [0.05, 0.1) is 12.3 Å². The highest BCUT2D eigenvalue weighted by Gasteiger charge is 2.54. The number of ether oxygens (including phenoxy) is 2. The molecular weight excluding hydrogens is 395 g/mol. The van der Waals surface area contributed by atoms with Crippen molar-refractivity contribution in [3.05, 3.63) is 59.0 Å².